The summed E-state index contributed by atoms with van der Waals surface area (Å²) >= 11 is 0. The topological polar surface area (TPSA) is 120 Å². The van der Waals surface area contributed by atoms with Crippen molar-refractivity contribution in [3.05, 3.63) is 30.0 Å². The van der Waals surface area contributed by atoms with E-state index in [1.54, 1.807) is 12.1 Å². The molecule has 1 unspecified atom stereocenters. The molecule has 5 rings (SSSR count). The number of anilines is 5. The number of hydrogen-bond acceptors (Lipinski definition) is 7. The van der Waals surface area contributed by atoms with Gasteiger partial charge in [0.2, 0.25) is 11.8 Å². The molecule has 1 aromatic heterocycles. The van der Waals surface area contributed by atoms with Gasteiger partial charge < -0.3 is 25.8 Å². The molecule has 0 bridgehead atoms. The van der Waals surface area contributed by atoms with Crippen LogP contribution in [0.15, 0.2) is 24.3 Å². The molecule has 1 atom stereocenters. The first kappa shape index (κ1) is 16.9. The van der Waals surface area contributed by atoms with Gasteiger partial charge in [0.05, 0.1) is 28.8 Å². The Morgan fingerprint density at radius 3 is 2.81 bits per heavy atom. The number of nitrogens with one attached hydrogen (secondary N) is 3. The van der Waals surface area contributed by atoms with Crippen LogP contribution < -0.4 is 25.8 Å². The number of carbonyl (C=O) groups excluding carboxylic acids is 3. The maximum Gasteiger partial charge on any atom is 0.273 e. The fraction of sp³-hybridized carbons (Fsp3) is 0.409. The SMILES string of the molecule is [2H]C([2H])([2H])NC(=O)c1nnc(NC(=O)C2CC2)cc1Nc1cccc2c1N(C)CC1CCC(=O)N21. The second-order valence-electron chi connectivity index (χ2n) is 8.34. The van der Waals surface area contributed by atoms with Gasteiger partial charge in [-0.15, -0.1) is 10.2 Å². The number of aromatic nitrogens is 2. The van der Waals surface area contributed by atoms with Crippen LogP contribution in [0.25, 0.3) is 0 Å². The summed E-state index contributed by atoms with van der Waals surface area (Å²) in [6.07, 6.45) is 2.90. The summed E-state index contributed by atoms with van der Waals surface area (Å²) in [6, 6.07) is 7.02. The first-order valence-corrected chi connectivity index (χ1v) is 10.5. The molecule has 1 saturated heterocycles. The number of para-hydroxylation sites is 1. The predicted octanol–water partition coefficient (Wildman–Crippen LogP) is 1.87. The van der Waals surface area contributed by atoms with Gasteiger partial charge >= 0.3 is 0 Å². The van der Waals surface area contributed by atoms with Crippen LogP contribution in [0.1, 0.15) is 40.3 Å². The number of carbonyl (C=O) groups is 3. The van der Waals surface area contributed by atoms with Crippen molar-refractivity contribution in [3.63, 3.8) is 0 Å². The Hall–Kier alpha value is -3.69. The Kier molecular flexibility index (Phi) is 4.11. The monoisotopic (exact) mass is 438 g/mol. The molecule has 32 heavy (non-hydrogen) atoms. The van der Waals surface area contributed by atoms with Crippen LogP contribution in [-0.2, 0) is 9.59 Å². The lowest BCUT2D eigenvalue weighted by Crippen LogP contribution is -2.46. The van der Waals surface area contributed by atoms with Crippen LogP contribution in [0, 0.1) is 5.92 Å². The van der Waals surface area contributed by atoms with Crippen molar-refractivity contribution in [3.8, 4) is 0 Å². The third-order valence-electron chi connectivity index (χ3n) is 6.06. The van der Waals surface area contributed by atoms with Crippen LogP contribution in [0.4, 0.5) is 28.6 Å². The number of fused-ring (bicyclic) bond motifs is 3. The third kappa shape index (κ3) is 3.51. The molecule has 2 aromatic rings. The highest BCUT2D eigenvalue weighted by Gasteiger charge is 2.39. The zero-order valence-electron chi connectivity index (χ0n) is 20.5. The van der Waals surface area contributed by atoms with Crippen molar-refractivity contribution < 1.29 is 18.5 Å². The maximum atomic E-state index is 12.7. The zero-order chi connectivity index (χ0) is 24.9. The van der Waals surface area contributed by atoms with Gasteiger partial charge in [-0.05, 0) is 31.4 Å². The first-order chi connectivity index (χ1) is 16.6. The summed E-state index contributed by atoms with van der Waals surface area (Å²) < 4.78 is 22.1. The molecule has 3 N–H and O–H groups in total. The van der Waals surface area contributed by atoms with Gasteiger partial charge in [-0.3, -0.25) is 14.4 Å². The minimum atomic E-state index is -2.72. The molecular weight excluding hydrogens is 410 g/mol. The summed E-state index contributed by atoms with van der Waals surface area (Å²) in [5.74, 6) is -0.974. The molecule has 2 fully saturated rings. The van der Waals surface area contributed by atoms with Gasteiger partial charge in [-0.1, -0.05) is 6.07 Å². The lowest BCUT2D eigenvalue weighted by atomic mass is 10.1. The lowest BCUT2D eigenvalue weighted by Gasteiger charge is -2.39. The van der Waals surface area contributed by atoms with Crippen LogP contribution in [0.5, 0.6) is 0 Å². The summed E-state index contributed by atoms with van der Waals surface area (Å²) in [5, 5.41) is 15.6. The molecule has 3 amide bonds. The van der Waals surface area contributed by atoms with E-state index in [1.165, 1.54) is 6.07 Å². The van der Waals surface area contributed by atoms with Crippen molar-refractivity contribution in [2.24, 2.45) is 5.92 Å². The summed E-state index contributed by atoms with van der Waals surface area (Å²) in [7, 11) is 1.93. The van der Waals surface area contributed by atoms with E-state index >= 15 is 0 Å². The first-order valence-electron chi connectivity index (χ1n) is 12.0. The second kappa shape index (κ2) is 7.77. The maximum absolute atomic E-state index is 12.7. The van der Waals surface area contributed by atoms with Crippen molar-refractivity contribution in [1.82, 2.24) is 15.5 Å². The van der Waals surface area contributed by atoms with Gasteiger partial charge in [0.1, 0.15) is 0 Å². The summed E-state index contributed by atoms with van der Waals surface area (Å²) in [4.78, 5) is 41.3. The molecule has 1 aliphatic carbocycles. The Morgan fingerprint density at radius 2 is 2.03 bits per heavy atom. The van der Waals surface area contributed by atoms with E-state index in [-0.39, 0.29) is 41.0 Å². The molecule has 10 nitrogen and oxygen atoms in total. The molecule has 0 spiro atoms. The Labute approximate surface area is 189 Å². The number of amides is 3. The number of hydrogen-bond donors (Lipinski definition) is 3. The fourth-order valence-corrected chi connectivity index (χ4v) is 4.38. The average molecular weight is 439 g/mol. The lowest BCUT2D eigenvalue weighted by molar-refractivity contribution is -0.118. The van der Waals surface area contributed by atoms with Gasteiger partial charge in [0, 0.05) is 43.1 Å². The number of likely N-dealkylation sites (N-methyl/N-ethyl adjacent to an activating group) is 1. The molecule has 1 saturated carbocycles. The molecule has 2 aliphatic heterocycles. The van der Waals surface area contributed by atoms with E-state index in [1.807, 2.05) is 28.2 Å². The highest BCUT2D eigenvalue weighted by molar-refractivity contribution is 6.04. The van der Waals surface area contributed by atoms with E-state index in [2.05, 4.69) is 20.8 Å². The minimum Gasteiger partial charge on any atom is -0.369 e. The third-order valence-corrected chi connectivity index (χ3v) is 6.06. The van der Waals surface area contributed by atoms with E-state index in [9.17, 15) is 14.4 Å². The van der Waals surface area contributed by atoms with E-state index < -0.39 is 12.9 Å². The van der Waals surface area contributed by atoms with Gasteiger partial charge in [-0.2, -0.15) is 0 Å². The summed E-state index contributed by atoms with van der Waals surface area (Å²) in [6.45, 7) is -2.06. The van der Waals surface area contributed by atoms with E-state index in [0.29, 0.717) is 18.7 Å². The summed E-state index contributed by atoms with van der Waals surface area (Å²) in [5.41, 5.74) is 2.05. The minimum absolute atomic E-state index is 0.0625. The van der Waals surface area contributed by atoms with Crippen LogP contribution in [0.2, 0.25) is 0 Å². The predicted molar refractivity (Wildman–Crippen MR) is 120 cm³/mol. The molecule has 1 aromatic carbocycles. The van der Waals surface area contributed by atoms with Crippen molar-refractivity contribution in [2.75, 3.05) is 41.0 Å². The highest BCUT2D eigenvalue weighted by atomic mass is 16.2. The van der Waals surface area contributed by atoms with Crippen LogP contribution >= 0.6 is 0 Å². The number of benzene rings is 1. The Morgan fingerprint density at radius 1 is 1.19 bits per heavy atom. The largest absolute Gasteiger partial charge is 0.369 e. The number of rotatable bonds is 5. The van der Waals surface area contributed by atoms with Gasteiger partial charge in [-0.25, -0.2) is 0 Å². The highest BCUT2D eigenvalue weighted by Crippen LogP contribution is 2.44. The fourth-order valence-electron chi connectivity index (χ4n) is 4.38. The molecule has 166 valence electrons. The van der Waals surface area contributed by atoms with Crippen molar-refractivity contribution >= 4 is 46.3 Å². The smallest absolute Gasteiger partial charge is 0.273 e. The van der Waals surface area contributed by atoms with Gasteiger partial charge in [0.15, 0.2) is 11.5 Å². The quantitative estimate of drug-likeness (QED) is 0.652. The molecule has 3 heterocycles. The van der Waals surface area contributed by atoms with Crippen molar-refractivity contribution in [2.45, 2.75) is 31.7 Å². The molecule has 0 radical (unpaired) electrons. The molecule has 10 heteroatoms. The Bertz CT molecular complexity index is 1220. The molecular formula is C22H25N7O3. The van der Waals surface area contributed by atoms with E-state index in [0.717, 1.165) is 30.6 Å². The zero-order valence-corrected chi connectivity index (χ0v) is 17.5. The number of nitrogens with zero attached hydrogens (tertiary/aromatic N) is 4. The standard InChI is InChI=1S/C22H25N7O3/c1-23-22(32)19-15(10-17(26-27-19)25-21(31)12-6-7-12)24-14-4-3-5-16-20(14)28(2)11-13-8-9-18(30)29(13)16/h3-5,10,12-13H,6-9,11H2,1-2H3,(H,23,32)(H2,24,25,26,31)/i1D3. The van der Waals surface area contributed by atoms with E-state index in [4.69, 9.17) is 4.11 Å². The average Bonchev–Trinajstić information content (AvgIpc) is 3.56. The second-order valence-corrected chi connectivity index (χ2v) is 8.34. The van der Waals surface area contributed by atoms with Crippen LogP contribution in [0.3, 0.4) is 0 Å². The van der Waals surface area contributed by atoms with Crippen molar-refractivity contribution in [1.29, 1.82) is 0 Å². The van der Waals surface area contributed by atoms with Crippen LogP contribution in [-0.4, -0.2) is 54.5 Å². The molecule has 3 aliphatic rings. The van der Waals surface area contributed by atoms with Gasteiger partial charge in [0.25, 0.3) is 5.91 Å². The normalized spacial score (nSPS) is 21.1. The Balaban J connectivity index is 1.52.